The van der Waals surface area contributed by atoms with Crippen molar-refractivity contribution in [3.05, 3.63) is 21.9 Å². The third kappa shape index (κ3) is 3.37. The normalized spacial score (nSPS) is 16.1. The van der Waals surface area contributed by atoms with Crippen molar-refractivity contribution in [2.45, 2.75) is 32.6 Å². The summed E-state index contributed by atoms with van der Waals surface area (Å²) in [7, 11) is 0. The first kappa shape index (κ1) is 14.1. The first-order chi connectivity index (χ1) is 9.19. The van der Waals surface area contributed by atoms with Crippen LogP contribution >= 0.6 is 11.3 Å². The standard InChI is InChI=1S/C15H20N2OS/c1-2-15(6-4-7-15)11-17-14(18)12-9-13(19-10-12)5-3-8-16/h9-10H,2,4,6-8,11,16H2,1H3,(H,17,18). The Morgan fingerprint density at radius 3 is 2.95 bits per heavy atom. The number of hydrogen-bond acceptors (Lipinski definition) is 3. The highest BCUT2D eigenvalue weighted by molar-refractivity contribution is 7.10. The first-order valence-corrected chi connectivity index (χ1v) is 7.63. The van der Waals surface area contributed by atoms with Crippen LogP contribution in [-0.2, 0) is 0 Å². The molecule has 1 aromatic heterocycles. The maximum atomic E-state index is 12.1. The molecule has 1 saturated carbocycles. The fraction of sp³-hybridized carbons (Fsp3) is 0.533. The summed E-state index contributed by atoms with van der Waals surface area (Å²) in [6, 6.07) is 1.84. The Morgan fingerprint density at radius 1 is 1.58 bits per heavy atom. The molecule has 0 aliphatic heterocycles. The van der Waals surface area contributed by atoms with E-state index in [1.165, 1.54) is 30.6 Å². The number of rotatable bonds is 4. The van der Waals surface area contributed by atoms with Crippen molar-refractivity contribution in [2.24, 2.45) is 11.1 Å². The van der Waals surface area contributed by atoms with Crippen LogP contribution in [0.3, 0.4) is 0 Å². The zero-order chi connectivity index (χ0) is 13.7. The molecular weight excluding hydrogens is 256 g/mol. The largest absolute Gasteiger partial charge is 0.351 e. The number of carbonyl (C=O) groups is 1. The molecule has 1 aliphatic rings. The molecule has 102 valence electrons. The van der Waals surface area contributed by atoms with Crippen LogP contribution in [0.25, 0.3) is 0 Å². The van der Waals surface area contributed by atoms with Crippen LogP contribution in [0, 0.1) is 17.3 Å². The molecule has 1 aromatic rings. The Hall–Kier alpha value is -1.31. The summed E-state index contributed by atoms with van der Waals surface area (Å²) in [6.07, 6.45) is 4.91. The van der Waals surface area contributed by atoms with Gasteiger partial charge in [-0.05, 0) is 30.7 Å². The first-order valence-electron chi connectivity index (χ1n) is 6.75. The van der Waals surface area contributed by atoms with Crippen molar-refractivity contribution >= 4 is 17.2 Å². The van der Waals surface area contributed by atoms with Crippen molar-refractivity contribution in [1.29, 1.82) is 0 Å². The molecule has 0 radical (unpaired) electrons. The summed E-state index contributed by atoms with van der Waals surface area (Å²) in [5, 5.41) is 4.91. The number of nitrogens with two attached hydrogens (primary N) is 1. The third-order valence-electron chi connectivity index (χ3n) is 3.96. The van der Waals surface area contributed by atoms with Crippen molar-refractivity contribution in [3.8, 4) is 11.8 Å². The molecule has 1 heterocycles. The quantitative estimate of drug-likeness (QED) is 0.830. The number of thiophene rings is 1. The molecule has 0 bridgehead atoms. The van der Waals surface area contributed by atoms with Crippen LogP contribution in [0.2, 0.25) is 0 Å². The number of amides is 1. The van der Waals surface area contributed by atoms with Crippen molar-refractivity contribution in [3.63, 3.8) is 0 Å². The number of hydrogen-bond donors (Lipinski definition) is 2. The van der Waals surface area contributed by atoms with Crippen molar-refractivity contribution in [1.82, 2.24) is 5.32 Å². The van der Waals surface area contributed by atoms with Gasteiger partial charge in [0.2, 0.25) is 0 Å². The maximum Gasteiger partial charge on any atom is 0.252 e. The zero-order valence-electron chi connectivity index (χ0n) is 11.3. The summed E-state index contributed by atoms with van der Waals surface area (Å²) < 4.78 is 0. The van der Waals surface area contributed by atoms with Gasteiger partial charge in [0.05, 0.1) is 17.0 Å². The van der Waals surface area contributed by atoms with Crippen molar-refractivity contribution in [2.75, 3.05) is 13.1 Å². The molecule has 19 heavy (non-hydrogen) atoms. The maximum absolute atomic E-state index is 12.1. The highest BCUT2D eigenvalue weighted by atomic mass is 32.1. The highest BCUT2D eigenvalue weighted by Crippen LogP contribution is 2.43. The Labute approximate surface area is 118 Å². The third-order valence-corrected chi connectivity index (χ3v) is 4.81. The molecule has 0 aromatic carbocycles. The fourth-order valence-corrected chi connectivity index (χ4v) is 3.12. The number of nitrogens with one attached hydrogen (secondary N) is 1. The van der Waals surface area contributed by atoms with E-state index < -0.39 is 0 Å². The van der Waals surface area contributed by atoms with E-state index in [0.29, 0.717) is 17.5 Å². The van der Waals surface area contributed by atoms with E-state index in [2.05, 4.69) is 24.1 Å². The lowest BCUT2D eigenvalue weighted by Gasteiger charge is -2.41. The lowest BCUT2D eigenvalue weighted by Crippen LogP contribution is -2.41. The van der Waals surface area contributed by atoms with Crippen LogP contribution < -0.4 is 11.1 Å². The summed E-state index contributed by atoms with van der Waals surface area (Å²) in [5.74, 6) is 5.76. The lowest BCUT2D eigenvalue weighted by atomic mass is 9.67. The minimum atomic E-state index is 0.0109. The van der Waals surface area contributed by atoms with Crippen LogP contribution in [-0.4, -0.2) is 19.0 Å². The summed E-state index contributed by atoms with van der Waals surface area (Å²) >= 11 is 1.49. The van der Waals surface area contributed by atoms with E-state index in [9.17, 15) is 4.79 Å². The van der Waals surface area contributed by atoms with E-state index in [-0.39, 0.29) is 5.91 Å². The van der Waals surface area contributed by atoms with Crippen LogP contribution in [0.1, 0.15) is 47.8 Å². The topological polar surface area (TPSA) is 55.1 Å². The molecular formula is C15H20N2OS. The summed E-state index contributed by atoms with van der Waals surface area (Å²) in [4.78, 5) is 13.0. The monoisotopic (exact) mass is 276 g/mol. The van der Waals surface area contributed by atoms with Gasteiger partial charge in [-0.3, -0.25) is 4.79 Å². The highest BCUT2D eigenvalue weighted by Gasteiger charge is 2.35. The zero-order valence-corrected chi connectivity index (χ0v) is 12.1. The lowest BCUT2D eigenvalue weighted by molar-refractivity contribution is 0.0850. The van der Waals surface area contributed by atoms with E-state index in [0.717, 1.165) is 17.8 Å². The predicted octanol–water partition coefficient (Wildman–Crippen LogP) is 2.37. The van der Waals surface area contributed by atoms with Gasteiger partial charge in [-0.2, -0.15) is 0 Å². The summed E-state index contributed by atoms with van der Waals surface area (Å²) in [6.45, 7) is 3.34. The average Bonchev–Trinajstić information content (AvgIpc) is 2.84. The smallest absolute Gasteiger partial charge is 0.252 e. The van der Waals surface area contributed by atoms with Gasteiger partial charge in [0.1, 0.15) is 0 Å². The van der Waals surface area contributed by atoms with Gasteiger partial charge in [0.25, 0.3) is 5.91 Å². The van der Waals surface area contributed by atoms with E-state index in [1.807, 2.05) is 11.4 Å². The Morgan fingerprint density at radius 2 is 2.37 bits per heavy atom. The van der Waals surface area contributed by atoms with E-state index in [4.69, 9.17) is 5.73 Å². The molecule has 0 spiro atoms. The summed E-state index contributed by atoms with van der Waals surface area (Å²) in [5.41, 5.74) is 6.39. The molecule has 1 aliphatic carbocycles. The molecule has 0 saturated heterocycles. The molecule has 3 nitrogen and oxygen atoms in total. The van der Waals surface area contributed by atoms with Crippen LogP contribution in [0.4, 0.5) is 0 Å². The van der Waals surface area contributed by atoms with Crippen LogP contribution in [0.5, 0.6) is 0 Å². The van der Waals surface area contributed by atoms with Gasteiger partial charge >= 0.3 is 0 Å². The van der Waals surface area contributed by atoms with Gasteiger partial charge in [0, 0.05) is 11.9 Å². The van der Waals surface area contributed by atoms with Gasteiger partial charge in [-0.1, -0.05) is 25.2 Å². The van der Waals surface area contributed by atoms with E-state index in [1.54, 1.807) is 0 Å². The van der Waals surface area contributed by atoms with Gasteiger partial charge in [-0.15, -0.1) is 11.3 Å². The Balaban J connectivity index is 1.91. The minimum absolute atomic E-state index is 0.0109. The van der Waals surface area contributed by atoms with Crippen molar-refractivity contribution < 1.29 is 4.79 Å². The predicted molar refractivity (Wildman–Crippen MR) is 79.2 cm³/mol. The molecule has 0 atom stereocenters. The SMILES string of the molecule is CCC1(CNC(=O)c2csc(C#CCN)c2)CCC1. The molecule has 1 amide bonds. The second kappa shape index (κ2) is 6.23. The Bertz CT molecular complexity index is 500. The minimum Gasteiger partial charge on any atom is -0.351 e. The second-order valence-electron chi connectivity index (χ2n) is 5.10. The molecule has 3 N–H and O–H groups in total. The molecule has 0 unspecified atom stereocenters. The molecule has 1 fully saturated rings. The fourth-order valence-electron chi connectivity index (χ4n) is 2.36. The molecule has 2 rings (SSSR count). The van der Waals surface area contributed by atoms with Crippen LogP contribution in [0.15, 0.2) is 11.4 Å². The second-order valence-corrected chi connectivity index (χ2v) is 6.01. The van der Waals surface area contributed by atoms with Gasteiger partial charge in [-0.25, -0.2) is 0 Å². The molecule has 4 heteroatoms. The average molecular weight is 276 g/mol. The number of carbonyl (C=O) groups excluding carboxylic acids is 1. The van der Waals surface area contributed by atoms with E-state index >= 15 is 0 Å². The van der Waals surface area contributed by atoms with Gasteiger partial charge in [0.15, 0.2) is 0 Å². The van der Waals surface area contributed by atoms with Gasteiger partial charge < -0.3 is 11.1 Å². The Kier molecular flexibility index (Phi) is 4.62.